The minimum absolute atomic E-state index is 0.131. The molecule has 0 aliphatic heterocycles. The molecular formula is C13H17ClN2O3. The minimum atomic E-state index is -0.685. The number of amides is 2. The van der Waals surface area contributed by atoms with Gasteiger partial charge in [0, 0.05) is 25.6 Å². The fourth-order valence-corrected chi connectivity index (χ4v) is 1.64. The monoisotopic (exact) mass is 284 g/mol. The maximum absolute atomic E-state index is 11.9. The first-order valence-electron chi connectivity index (χ1n) is 5.81. The van der Waals surface area contributed by atoms with Crippen LogP contribution >= 0.6 is 11.6 Å². The molecule has 0 aliphatic rings. The van der Waals surface area contributed by atoms with Crippen molar-refractivity contribution in [2.45, 2.75) is 19.5 Å². The maximum atomic E-state index is 11.9. The summed E-state index contributed by atoms with van der Waals surface area (Å²) >= 11 is 5.77. The number of rotatable bonds is 6. The van der Waals surface area contributed by atoms with E-state index >= 15 is 0 Å². The average Bonchev–Trinajstić information content (AvgIpc) is 2.37. The van der Waals surface area contributed by atoms with E-state index in [1.807, 2.05) is 12.1 Å². The molecule has 19 heavy (non-hydrogen) atoms. The van der Waals surface area contributed by atoms with Crippen molar-refractivity contribution in [2.24, 2.45) is 0 Å². The van der Waals surface area contributed by atoms with Crippen LogP contribution in [-0.4, -0.2) is 31.6 Å². The molecule has 2 N–H and O–H groups in total. The third-order valence-corrected chi connectivity index (χ3v) is 2.66. The first kappa shape index (κ1) is 15.5. The van der Waals surface area contributed by atoms with Gasteiger partial charge in [-0.2, -0.15) is 0 Å². The Morgan fingerprint density at radius 2 is 1.95 bits per heavy atom. The van der Waals surface area contributed by atoms with Gasteiger partial charge in [-0.3, -0.25) is 9.59 Å². The van der Waals surface area contributed by atoms with Gasteiger partial charge in [-0.1, -0.05) is 23.7 Å². The van der Waals surface area contributed by atoms with Crippen LogP contribution in [0.2, 0.25) is 5.02 Å². The molecule has 0 heterocycles. The van der Waals surface area contributed by atoms with Gasteiger partial charge in [0.05, 0.1) is 6.61 Å². The predicted octanol–water partition coefficient (Wildman–Crippen LogP) is 1.11. The smallest absolute Gasteiger partial charge is 0.245 e. The van der Waals surface area contributed by atoms with Crippen molar-refractivity contribution in [3.63, 3.8) is 0 Å². The van der Waals surface area contributed by atoms with Crippen LogP contribution in [0.4, 0.5) is 0 Å². The van der Waals surface area contributed by atoms with E-state index in [1.165, 1.54) is 14.0 Å². The topological polar surface area (TPSA) is 67.4 Å². The molecule has 2 amide bonds. The highest BCUT2D eigenvalue weighted by Gasteiger charge is 2.18. The molecule has 0 saturated heterocycles. The van der Waals surface area contributed by atoms with Crippen LogP contribution in [0.15, 0.2) is 24.3 Å². The Bertz CT molecular complexity index is 434. The fourth-order valence-electron chi connectivity index (χ4n) is 1.51. The summed E-state index contributed by atoms with van der Waals surface area (Å²) in [4.78, 5) is 22.9. The molecule has 104 valence electrons. The first-order chi connectivity index (χ1) is 9.02. The highest BCUT2D eigenvalue weighted by atomic mass is 35.5. The first-order valence-corrected chi connectivity index (χ1v) is 6.19. The number of carbonyl (C=O) groups excluding carboxylic acids is 2. The van der Waals surface area contributed by atoms with Gasteiger partial charge in [0.1, 0.15) is 6.04 Å². The number of benzene rings is 1. The van der Waals surface area contributed by atoms with Crippen molar-refractivity contribution in [2.75, 3.05) is 13.7 Å². The van der Waals surface area contributed by atoms with E-state index < -0.39 is 6.04 Å². The van der Waals surface area contributed by atoms with Crippen LogP contribution in [0.5, 0.6) is 0 Å². The summed E-state index contributed by atoms with van der Waals surface area (Å²) < 4.78 is 4.90. The maximum Gasteiger partial charge on any atom is 0.245 e. The molecule has 0 aromatic heterocycles. The molecule has 0 radical (unpaired) electrons. The van der Waals surface area contributed by atoms with Crippen LogP contribution in [0.3, 0.4) is 0 Å². The van der Waals surface area contributed by atoms with Crippen LogP contribution in [-0.2, 0) is 20.9 Å². The van der Waals surface area contributed by atoms with Crippen molar-refractivity contribution < 1.29 is 14.3 Å². The second-order valence-electron chi connectivity index (χ2n) is 4.05. The summed E-state index contributed by atoms with van der Waals surface area (Å²) in [6.07, 6.45) is 0. The number of methoxy groups -OCH3 is 1. The van der Waals surface area contributed by atoms with E-state index in [0.29, 0.717) is 11.6 Å². The van der Waals surface area contributed by atoms with Crippen molar-refractivity contribution >= 4 is 23.4 Å². The van der Waals surface area contributed by atoms with Crippen LogP contribution in [0, 0.1) is 0 Å². The molecule has 1 aromatic rings. The standard InChI is InChI=1S/C13H17ClN2O3/c1-9(17)16-12(8-19-2)13(18)15-7-10-3-5-11(14)6-4-10/h3-6,12H,7-8H2,1-2H3,(H,15,18)(H,16,17). The molecule has 0 bridgehead atoms. The third-order valence-electron chi connectivity index (χ3n) is 2.41. The molecule has 0 fully saturated rings. The summed E-state index contributed by atoms with van der Waals surface area (Å²) in [5, 5.41) is 5.90. The second-order valence-corrected chi connectivity index (χ2v) is 4.49. The molecule has 1 atom stereocenters. The van der Waals surface area contributed by atoms with Gasteiger partial charge in [0.15, 0.2) is 0 Å². The van der Waals surface area contributed by atoms with E-state index in [1.54, 1.807) is 12.1 Å². The minimum Gasteiger partial charge on any atom is -0.382 e. The summed E-state index contributed by atoms with van der Waals surface area (Å²) in [6, 6.07) is 6.47. The molecular weight excluding hydrogens is 268 g/mol. The molecule has 0 saturated carbocycles. The van der Waals surface area contributed by atoms with E-state index in [4.69, 9.17) is 16.3 Å². The number of nitrogens with one attached hydrogen (secondary N) is 2. The molecule has 1 aromatic carbocycles. The molecule has 5 nitrogen and oxygen atoms in total. The van der Waals surface area contributed by atoms with Crippen molar-refractivity contribution in [1.82, 2.24) is 10.6 Å². The Hall–Kier alpha value is -1.59. The van der Waals surface area contributed by atoms with E-state index in [0.717, 1.165) is 5.56 Å². The lowest BCUT2D eigenvalue weighted by Crippen LogP contribution is -2.48. The zero-order chi connectivity index (χ0) is 14.3. The lowest BCUT2D eigenvalue weighted by atomic mass is 10.2. The Morgan fingerprint density at radius 3 is 2.47 bits per heavy atom. The number of hydrogen-bond donors (Lipinski definition) is 2. The molecule has 0 spiro atoms. The van der Waals surface area contributed by atoms with E-state index in [-0.39, 0.29) is 18.4 Å². The Kier molecular flexibility index (Phi) is 6.32. The van der Waals surface area contributed by atoms with E-state index in [9.17, 15) is 9.59 Å². The molecule has 1 unspecified atom stereocenters. The molecule has 0 aliphatic carbocycles. The zero-order valence-corrected chi connectivity index (χ0v) is 11.7. The highest BCUT2D eigenvalue weighted by molar-refractivity contribution is 6.30. The summed E-state index contributed by atoms with van der Waals surface area (Å²) in [5.74, 6) is -0.560. The van der Waals surface area contributed by atoms with Crippen LogP contribution in [0.1, 0.15) is 12.5 Å². The van der Waals surface area contributed by atoms with Crippen LogP contribution in [0.25, 0.3) is 0 Å². The third kappa shape index (κ3) is 5.72. The van der Waals surface area contributed by atoms with Crippen molar-refractivity contribution in [3.05, 3.63) is 34.9 Å². The Balaban J connectivity index is 2.51. The number of ether oxygens (including phenoxy) is 1. The number of hydrogen-bond acceptors (Lipinski definition) is 3. The predicted molar refractivity (Wildman–Crippen MR) is 72.8 cm³/mol. The fraction of sp³-hybridized carbons (Fsp3) is 0.385. The normalized spacial score (nSPS) is 11.7. The highest BCUT2D eigenvalue weighted by Crippen LogP contribution is 2.09. The molecule has 1 rings (SSSR count). The van der Waals surface area contributed by atoms with Gasteiger partial charge in [-0.25, -0.2) is 0 Å². The largest absolute Gasteiger partial charge is 0.382 e. The van der Waals surface area contributed by atoms with Crippen LogP contribution < -0.4 is 10.6 Å². The zero-order valence-electron chi connectivity index (χ0n) is 10.9. The quantitative estimate of drug-likeness (QED) is 0.822. The van der Waals surface area contributed by atoms with Crippen molar-refractivity contribution in [1.29, 1.82) is 0 Å². The van der Waals surface area contributed by atoms with Gasteiger partial charge in [0.25, 0.3) is 0 Å². The lowest BCUT2D eigenvalue weighted by molar-refractivity contribution is -0.129. The van der Waals surface area contributed by atoms with Gasteiger partial charge in [-0.05, 0) is 17.7 Å². The SMILES string of the molecule is COCC(NC(C)=O)C(=O)NCc1ccc(Cl)cc1. The van der Waals surface area contributed by atoms with Gasteiger partial charge in [-0.15, -0.1) is 0 Å². The van der Waals surface area contributed by atoms with Gasteiger partial charge < -0.3 is 15.4 Å². The summed E-state index contributed by atoms with van der Waals surface area (Å²) in [7, 11) is 1.47. The Morgan fingerprint density at radius 1 is 1.32 bits per heavy atom. The van der Waals surface area contributed by atoms with Crippen molar-refractivity contribution in [3.8, 4) is 0 Å². The average molecular weight is 285 g/mol. The number of carbonyl (C=O) groups is 2. The second kappa shape index (κ2) is 7.76. The molecule has 6 heteroatoms. The van der Waals surface area contributed by atoms with Gasteiger partial charge in [0.2, 0.25) is 11.8 Å². The summed E-state index contributed by atoms with van der Waals surface area (Å²) in [6.45, 7) is 1.86. The van der Waals surface area contributed by atoms with Gasteiger partial charge >= 0.3 is 0 Å². The Labute approximate surface area is 117 Å². The van der Waals surface area contributed by atoms with E-state index in [2.05, 4.69) is 10.6 Å². The number of halogens is 1. The summed E-state index contributed by atoms with van der Waals surface area (Å²) in [5.41, 5.74) is 0.928. The lowest BCUT2D eigenvalue weighted by Gasteiger charge is -2.16.